The van der Waals surface area contributed by atoms with Gasteiger partial charge < -0.3 is 51.1 Å². The first-order valence-electron chi connectivity index (χ1n) is 6.35. The Morgan fingerprint density at radius 2 is 0.857 bits per heavy atom. The second kappa shape index (κ2) is 19.1. The molecule has 0 amide bonds. The molecule has 2 atom stereocenters. The second-order valence-corrected chi connectivity index (χ2v) is 3.94. The van der Waals surface area contributed by atoms with Crippen LogP contribution in [0.5, 0.6) is 0 Å². The molecule has 16 heteroatoms. The molecule has 0 aliphatic heterocycles. The minimum absolute atomic E-state index is 0.419. The zero-order chi connectivity index (χ0) is 23.4. The van der Waals surface area contributed by atoms with Crippen LogP contribution in [0, 0.1) is 11.8 Å². The van der Waals surface area contributed by atoms with Crippen LogP contribution in [0.25, 0.3) is 0 Å². The number of rotatable bonds is 2. The maximum Gasteiger partial charge on any atom is 0.503 e. The zero-order valence-corrected chi connectivity index (χ0v) is 13.6. The fourth-order valence-electron chi connectivity index (χ4n) is 1.36. The monoisotopic (exact) mass is 418 g/mol. The summed E-state index contributed by atoms with van der Waals surface area (Å²) in [6.07, 6.45) is -3.08. The quantitative estimate of drug-likeness (QED) is 0.285. The van der Waals surface area contributed by atoms with Crippen molar-refractivity contribution in [3.8, 4) is 0 Å². The average molecular weight is 418 g/mol. The Hall–Kier alpha value is -4.24. The van der Waals surface area contributed by atoms with Crippen molar-refractivity contribution < 1.29 is 79.8 Å². The summed E-state index contributed by atoms with van der Waals surface area (Å²) in [5.41, 5.74) is 0. The van der Waals surface area contributed by atoms with Gasteiger partial charge in [-0.05, 0) is 12.8 Å². The molecule has 16 nitrogen and oxygen atoms in total. The van der Waals surface area contributed by atoms with Crippen LogP contribution in [-0.2, 0) is 9.59 Å². The Morgan fingerprint density at radius 1 is 0.571 bits per heavy atom. The molecule has 1 rings (SSSR count). The van der Waals surface area contributed by atoms with Gasteiger partial charge in [0.1, 0.15) is 0 Å². The highest BCUT2D eigenvalue weighted by Crippen LogP contribution is 2.24. The number of carboxylic acid groups (broad SMARTS) is 10. The number of carbonyl (C=O) groups is 6. The largest absolute Gasteiger partial charge is 0.503 e. The summed E-state index contributed by atoms with van der Waals surface area (Å²) >= 11 is 0. The summed E-state index contributed by atoms with van der Waals surface area (Å²) in [5, 5.41) is 73.1. The molecule has 162 valence electrons. The zero-order valence-electron chi connectivity index (χ0n) is 13.6. The molecule has 0 radical (unpaired) electrons. The molecule has 28 heavy (non-hydrogen) atoms. The van der Waals surface area contributed by atoms with E-state index in [1.807, 2.05) is 0 Å². The molecule has 0 heterocycles. The van der Waals surface area contributed by atoms with E-state index in [2.05, 4.69) is 0 Å². The van der Waals surface area contributed by atoms with E-state index in [4.69, 9.17) is 70.2 Å². The molecule has 0 saturated heterocycles. The van der Waals surface area contributed by atoms with Crippen LogP contribution in [0.3, 0.4) is 0 Å². The van der Waals surface area contributed by atoms with Gasteiger partial charge in [0.25, 0.3) is 0 Å². The van der Waals surface area contributed by atoms with Gasteiger partial charge in [0.05, 0.1) is 11.8 Å². The number of aliphatic carboxylic acids is 2. The van der Waals surface area contributed by atoms with Gasteiger partial charge in [-0.1, -0.05) is 12.2 Å². The van der Waals surface area contributed by atoms with Crippen LogP contribution in [0.15, 0.2) is 12.2 Å². The number of carboxylic acids is 2. The fourth-order valence-corrected chi connectivity index (χ4v) is 1.36. The van der Waals surface area contributed by atoms with Crippen molar-refractivity contribution in [2.45, 2.75) is 12.8 Å². The van der Waals surface area contributed by atoms with E-state index in [1.165, 1.54) is 6.08 Å². The van der Waals surface area contributed by atoms with E-state index in [0.717, 1.165) is 0 Å². The van der Waals surface area contributed by atoms with E-state index in [0.29, 0.717) is 12.8 Å². The van der Waals surface area contributed by atoms with E-state index in [-0.39, 0.29) is 0 Å². The normalized spacial score (nSPS) is 15.6. The molecular formula is C12H18O16. The highest BCUT2D eigenvalue weighted by molar-refractivity contribution is 5.81. The molecule has 10 N–H and O–H groups in total. The van der Waals surface area contributed by atoms with Gasteiger partial charge in [0, 0.05) is 0 Å². The summed E-state index contributed by atoms with van der Waals surface area (Å²) in [6, 6.07) is 0. The van der Waals surface area contributed by atoms with E-state index < -0.39 is 48.4 Å². The van der Waals surface area contributed by atoms with Gasteiger partial charge >= 0.3 is 36.6 Å². The number of hydrogen-bond acceptors (Lipinski definition) is 6. The first-order chi connectivity index (χ1) is 12.6. The highest BCUT2D eigenvalue weighted by Gasteiger charge is 2.32. The van der Waals surface area contributed by atoms with Gasteiger partial charge in [-0.15, -0.1) is 0 Å². The van der Waals surface area contributed by atoms with E-state index in [1.54, 1.807) is 6.08 Å². The lowest BCUT2D eigenvalue weighted by Gasteiger charge is -2.19. The SMILES string of the molecule is O=C(O)C1C=CCCC1C(=O)O.O=C(O)O.O=C(O)O.O=C(O)O.O=C(O)O. The maximum absolute atomic E-state index is 10.6. The maximum atomic E-state index is 10.6. The predicted molar refractivity (Wildman–Crippen MR) is 83.2 cm³/mol. The van der Waals surface area contributed by atoms with Crippen LogP contribution >= 0.6 is 0 Å². The Balaban J connectivity index is -0.000000150. The molecule has 2 unspecified atom stereocenters. The second-order valence-electron chi connectivity index (χ2n) is 3.94. The molecule has 0 saturated carbocycles. The number of hydrogen-bond donors (Lipinski definition) is 10. The summed E-state index contributed by atoms with van der Waals surface area (Å²) in [6.45, 7) is 0. The van der Waals surface area contributed by atoms with Crippen molar-refractivity contribution in [3.05, 3.63) is 12.2 Å². The summed E-state index contributed by atoms with van der Waals surface area (Å²) in [4.78, 5) is 55.3. The summed E-state index contributed by atoms with van der Waals surface area (Å²) < 4.78 is 0. The van der Waals surface area contributed by atoms with Crippen LogP contribution in [0.4, 0.5) is 19.2 Å². The van der Waals surface area contributed by atoms with Crippen molar-refractivity contribution in [1.82, 2.24) is 0 Å². The Morgan fingerprint density at radius 3 is 1.04 bits per heavy atom. The Bertz CT molecular complexity index is 486. The Labute approximate surface area is 154 Å². The van der Waals surface area contributed by atoms with Gasteiger partial charge in [-0.25, -0.2) is 19.2 Å². The van der Waals surface area contributed by atoms with Crippen LogP contribution in [-0.4, -0.2) is 87.6 Å². The highest BCUT2D eigenvalue weighted by atomic mass is 16.6. The molecular weight excluding hydrogens is 400 g/mol. The van der Waals surface area contributed by atoms with Gasteiger partial charge in [-0.2, -0.15) is 0 Å². The first-order valence-corrected chi connectivity index (χ1v) is 6.35. The molecule has 1 aliphatic carbocycles. The fraction of sp³-hybridized carbons (Fsp3) is 0.333. The lowest BCUT2D eigenvalue weighted by Crippen LogP contribution is -2.30. The standard InChI is InChI=1S/C8H10O4.4CH2O3/c9-7(10)5-3-1-2-4-6(5)8(11)12;4*2-1(3)4/h1,3,5-6H,2,4H2,(H,9,10)(H,11,12);4*(H2,2,3,4). The third-order valence-corrected chi connectivity index (χ3v) is 2.02. The molecule has 0 bridgehead atoms. The predicted octanol–water partition coefficient (Wildman–Crippen LogP) is 1.63. The molecule has 0 spiro atoms. The molecule has 0 fully saturated rings. The smallest absolute Gasteiger partial charge is 0.481 e. The van der Waals surface area contributed by atoms with Crippen LogP contribution in [0.1, 0.15) is 12.8 Å². The average Bonchev–Trinajstić information content (AvgIpc) is 2.44. The van der Waals surface area contributed by atoms with E-state index in [9.17, 15) is 9.59 Å². The van der Waals surface area contributed by atoms with Crippen molar-refractivity contribution >= 4 is 36.6 Å². The topological polar surface area (TPSA) is 305 Å². The first kappa shape index (κ1) is 31.5. The summed E-state index contributed by atoms with van der Waals surface area (Å²) in [5.74, 6) is -3.69. The number of allylic oxidation sites excluding steroid dienone is 1. The van der Waals surface area contributed by atoms with Crippen molar-refractivity contribution in [1.29, 1.82) is 0 Å². The van der Waals surface area contributed by atoms with Gasteiger partial charge in [0.2, 0.25) is 0 Å². The molecule has 1 aliphatic rings. The third-order valence-electron chi connectivity index (χ3n) is 2.02. The minimum atomic E-state index is -1.83. The van der Waals surface area contributed by atoms with Gasteiger partial charge in [-0.3, -0.25) is 9.59 Å². The molecule has 0 aromatic carbocycles. The Kier molecular flexibility index (Phi) is 21.5. The lowest BCUT2D eigenvalue weighted by molar-refractivity contribution is -0.152. The molecule has 0 aromatic rings. The summed E-state index contributed by atoms with van der Waals surface area (Å²) in [7, 11) is 0. The van der Waals surface area contributed by atoms with Crippen LogP contribution < -0.4 is 0 Å². The van der Waals surface area contributed by atoms with E-state index >= 15 is 0 Å². The molecule has 0 aromatic heterocycles. The van der Waals surface area contributed by atoms with Crippen molar-refractivity contribution in [2.75, 3.05) is 0 Å². The van der Waals surface area contributed by atoms with Gasteiger partial charge in [0.15, 0.2) is 0 Å². The van der Waals surface area contributed by atoms with Crippen LogP contribution in [0.2, 0.25) is 0 Å². The third kappa shape index (κ3) is 43.0. The van der Waals surface area contributed by atoms with Crippen molar-refractivity contribution in [2.24, 2.45) is 11.8 Å². The van der Waals surface area contributed by atoms with Crippen molar-refractivity contribution in [3.63, 3.8) is 0 Å². The minimum Gasteiger partial charge on any atom is -0.481 e. The lowest BCUT2D eigenvalue weighted by atomic mass is 9.84.